The summed E-state index contributed by atoms with van der Waals surface area (Å²) in [5.74, 6) is 1.88. The van der Waals surface area contributed by atoms with Gasteiger partial charge in [0.1, 0.15) is 0 Å². The fourth-order valence-corrected chi connectivity index (χ4v) is 4.00. The van der Waals surface area contributed by atoms with Gasteiger partial charge in [0.15, 0.2) is 5.76 Å². The molecular weight excluding hydrogens is 368 g/mol. The number of hydrogen-bond acceptors (Lipinski definition) is 6. The fraction of sp³-hybridized carbons (Fsp3) is 0.409. The van der Waals surface area contributed by atoms with Crippen molar-refractivity contribution < 1.29 is 13.6 Å². The predicted octanol–water partition coefficient (Wildman–Crippen LogP) is 4.07. The lowest BCUT2D eigenvalue weighted by Crippen LogP contribution is -2.39. The monoisotopic (exact) mass is 394 g/mol. The van der Waals surface area contributed by atoms with Crippen molar-refractivity contribution in [3.8, 4) is 11.7 Å². The molecule has 0 unspecified atom stereocenters. The van der Waals surface area contributed by atoms with Crippen LogP contribution in [-0.4, -0.2) is 40.6 Å². The lowest BCUT2D eigenvalue weighted by molar-refractivity contribution is -0.117. The molecule has 1 aliphatic rings. The number of nitrogens with zero attached hydrogens (tertiary/aromatic N) is 3. The molecule has 7 nitrogen and oxygen atoms in total. The van der Waals surface area contributed by atoms with Gasteiger partial charge >= 0.3 is 0 Å². The van der Waals surface area contributed by atoms with Gasteiger partial charge in [0.05, 0.1) is 12.8 Å². The maximum absolute atomic E-state index is 12.6. The van der Waals surface area contributed by atoms with Crippen molar-refractivity contribution in [1.82, 2.24) is 15.1 Å². The van der Waals surface area contributed by atoms with Crippen molar-refractivity contribution in [3.63, 3.8) is 0 Å². The molecule has 1 fully saturated rings. The summed E-state index contributed by atoms with van der Waals surface area (Å²) in [5.41, 5.74) is 4.32. The second-order valence-corrected chi connectivity index (χ2v) is 7.80. The van der Waals surface area contributed by atoms with Crippen molar-refractivity contribution >= 4 is 11.6 Å². The van der Waals surface area contributed by atoms with Crippen molar-refractivity contribution in [1.29, 1.82) is 0 Å². The molecule has 0 radical (unpaired) electrons. The predicted molar refractivity (Wildman–Crippen MR) is 110 cm³/mol. The molecule has 29 heavy (non-hydrogen) atoms. The Morgan fingerprint density at radius 3 is 2.55 bits per heavy atom. The summed E-state index contributed by atoms with van der Waals surface area (Å²) < 4.78 is 11.1. The third-order valence-electron chi connectivity index (χ3n) is 5.42. The van der Waals surface area contributed by atoms with E-state index in [2.05, 4.69) is 39.5 Å². The van der Waals surface area contributed by atoms with E-state index in [1.807, 2.05) is 13.8 Å². The average molecular weight is 394 g/mol. The van der Waals surface area contributed by atoms with Gasteiger partial charge in [-0.05, 0) is 70.0 Å². The summed E-state index contributed by atoms with van der Waals surface area (Å²) in [7, 11) is 0. The highest BCUT2D eigenvalue weighted by Crippen LogP contribution is 2.29. The summed E-state index contributed by atoms with van der Waals surface area (Å²) in [6, 6.07) is 7.78. The molecule has 1 aromatic carbocycles. The number of aromatic nitrogens is 2. The average Bonchev–Trinajstić information content (AvgIpc) is 3.37. The van der Waals surface area contributed by atoms with Gasteiger partial charge in [-0.2, -0.15) is 0 Å². The van der Waals surface area contributed by atoms with Crippen LogP contribution in [0.2, 0.25) is 0 Å². The maximum Gasteiger partial charge on any atom is 0.283 e. The van der Waals surface area contributed by atoms with Crippen LogP contribution in [0.5, 0.6) is 0 Å². The highest BCUT2D eigenvalue weighted by Gasteiger charge is 2.26. The molecule has 0 bridgehead atoms. The Morgan fingerprint density at radius 2 is 1.90 bits per heavy atom. The quantitative estimate of drug-likeness (QED) is 0.702. The molecule has 1 saturated heterocycles. The van der Waals surface area contributed by atoms with E-state index in [4.69, 9.17) is 8.83 Å². The second-order valence-electron chi connectivity index (χ2n) is 7.80. The van der Waals surface area contributed by atoms with Crippen LogP contribution in [0.3, 0.4) is 0 Å². The lowest BCUT2D eigenvalue weighted by atomic mass is 9.97. The molecule has 7 heteroatoms. The Kier molecular flexibility index (Phi) is 5.49. The van der Waals surface area contributed by atoms with E-state index in [9.17, 15) is 4.79 Å². The zero-order valence-electron chi connectivity index (χ0n) is 17.1. The Bertz CT molecular complexity index is 962. The Balaban J connectivity index is 1.30. The number of carbonyl (C=O) groups is 1. The standard InChI is InChI=1S/C22H26N4O3/c1-14-11-15(2)20(16(3)12-14)23-19(27)13-26-8-6-17(7-9-26)21-24-25-22(29-21)18-5-4-10-28-18/h4-5,10-12,17H,6-9,13H2,1-3H3,(H,23,27). The molecule has 3 aromatic rings. The van der Waals surface area contributed by atoms with E-state index in [0.29, 0.717) is 24.1 Å². The second kappa shape index (κ2) is 8.21. The summed E-state index contributed by atoms with van der Waals surface area (Å²) in [6.07, 6.45) is 3.35. The van der Waals surface area contributed by atoms with Crippen LogP contribution in [-0.2, 0) is 4.79 Å². The number of amides is 1. The number of piperidine rings is 1. The fourth-order valence-electron chi connectivity index (χ4n) is 4.00. The van der Waals surface area contributed by atoms with Crippen LogP contribution in [0, 0.1) is 20.8 Å². The van der Waals surface area contributed by atoms with Crippen molar-refractivity contribution in [2.24, 2.45) is 0 Å². The molecule has 152 valence electrons. The van der Waals surface area contributed by atoms with Crippen LogP contribution in [0.25, 0.3) is 11.7 Å². The molecule has 0 atom stereocenters. The van der Waals surface area contributed by atoms with Gasteiger partial charge in [-0.1, -0.05) is 17.7 Å². The molecule has 0 saturated carbocycles. The zero-order valence-corrected chi connectivity index (χ0v) is 17.1. The lowest BCUT2D eigenvalue weighted by Gasteiger charge is -2.29. The van der Waals surface area contributed by atoms with Crippen LogP contribution < -0.4 is 5.32 Å². The van der Waals surface area contributed by atoms with E-state index >= 15 is 0 Å². The number of likely N-dealkylation sites (tertiary alicyclic amines) is 1. The number of nitrogens with one attached hydrogen (secondary N) is 1. The molecule has 3 heterocycles. The summed E-state index contributed by atoms with van der Waals surface area (Å²) in [4.78, 5) is 14.7. The Labute approximate surface area is 170 Å². The number of carbonyl (C=O) groups excluding carboxylic acids is 1. The minimum absolute atomic E-state index is 0.0244. The van der Waals surface area contributed by atoms with Crippen molar-refractivity contribution in [2.45, 2.75) is 39.5 Å². The smallest absolute Gasteiger partial charge is 0.283 e. The van der Waals surface area contributed by atoms with Gasteiger partial charge in [-0.3, -0.25) is 9.69 Å². The number of anilines is 1. The summed E-state index contributed by atoms with van der Waals surface area (Å²) in [5, 5.41) is 11.4. The third kappa shape index (κ3) is 4.40. The van der Waals surface area contributed by atoms with Crippen molar-refractivity contribution in [2.75, 3.05) is 25.0 Å². The molecular formula is C22H26N4O3. The summed E-state index contributed by atoms with van der Waals surface area (Å²) >= 11 is 0. The zero-order chi connectivity index (χ0) is 20.4. The largest absolute Gasteiger partial charge is 0.459 e. The first-order valence-corrected chi connectivity index (χ1v) is 9.97. The van der Waals surface area contributed by atoms with Crippen LogP contribution in [0.1, 0.15) is 41.3 Å². The van der Waals surface area contributed by atoms with Crippen molar-refractivity contribution in [3.05, 3.63) is 53.1 Å². The van der Waals surface area contributed by atoms with E-state index in [-0.39, 0.29) is 11.8 Å². The minimum atomic E-state index is 0.0244. The van der Waals surface area contributed by atoms with E-state index in [1.165, 1.54) is 5.56 Å². The SMILES string of the molecule is Cc1cc(C)c(NC(=O)CN2CCC(c3nnc(-c4ccco4)o3)CC2)c(C)c1. The van der Waals surface area contributed by atoms with E-state index in [1.54, 1.807) is 18.4 Å². The van der Waals surface area contributed by atoms with E-state index in [0.717, 1.165) is 42.7 Å². The van der Waals surface area contributed by atoms with Crippen LogP contribution in [0.4, 0.5) is 5.69 Å². The normalized spacial score (nSPS) is 15.6. The van der Waals surface area contributed by atoms with Gasteiger partial charge in [-0.25, -0.2) is 0 Å². The molecule has 1 amide bonds. The molecule has 1 N–H and O–H groups in total. The van der Waals surface area contributed by atoms with Gasteiger partial charge in [-0.15, -0.1) is 10.2 Å². The maximum atomic E-state index is 12.6. The third-order valence-corrected chi connectivity index (χ3v) is 5.42. The van der Waals surface area contributed by atoms with Gasteiger partial charge in [0.25, 0.3) is 5.89 Å². The van der Waals surface area contributed by atoms with Crippen LogP contribution >= 0.6 is 0 Å². The molecule has 0 aliphatic carbocycles. The van der Waals surface area contributed by atoms with Gasteiger partial charge < -0.3 is 14.2 Å². The molecule has 1 aliphatic heterocycles. The number of hydrogen-bond donors (Lipinski definition) is 1. The Morgan fingerprint density at radius 1 is 1.17 bits per heavy atom. The number of furan rings is 1. The highest BCUT2D eigenvalue weighted by atomic mass is 16.4. The first kappa shape index (κ1) is 19.4. The first-order chi connectivity index (χ1) is 14.0. The summed E-state index contributed by atoms with van der Waals surface area (Å²) in [6.45, 7) is 8.16. The number of rotatable bonds is 5. The molecule has 4 rings (SSSR count). The van der Waals surface area contributed by atoms with Gasteiger partial charge in [0, 0.05) is 11.6 Å². The first-order valence-electron chi connectivity index (χ1n) is 9.97. The highest BCUT2D eigenvalue weighted by molar-refractivity contribution is 5.93. The number of benzene rings is 1. The van der Waals surface area contributed by atoms with Gasteiger partial charge in [0.2, 0.25) is 11.8 Å². The Hall–Kier alpha value is -2.93. The topological polar surface area (TPSA) is 84.4 Å². The molecule has 2 aromatic heterocycles. The molecule has 0 spiro atoms. The van der Waals surface area contributed by atoms with Crippen LogP contribution in [0.15, 0.2) is 39.4 Å². The van der Waals surface area contributed by atoms with E-state index < -0.39 is 0 Å². The minimum Gasteiger partial charge on any atom is -0.459 e. The number of aryl methyl sites for hydroxylation is 3.